The summed E-state index contributed by atoms with van der Waals surface area (Å²) in [4.78, 5) is 32.6. The van der Waals surface area contributed by atoms with E-state index in [0.717, 1.165) is 23.2 Å². The smallest absolute Gasteiger partial charge is 0.313 e. The van der Waals surface area contributed by atoms with Gasteiger partial charge < -0.3 is 4.98 Å². The van der Waals surface area contributed by atoms with Gasteiger partial charge in [0.15, 0.2) is 5.65 Å². The summed E-state index contributed by atoms with van der Waals surface area (Å²) < 4.78 is 15.2. The highest BCUT2D eigenvalue weighted by atomic mass is 19.1. The minimum Gasteiger partial charge on any atom is -0.313 e. The highest BCUT2D eigenvalue weighted by Crippen LogP contribution is 2.55. The van der Waals surface area contributed by atoms with Crippen LogP contribution in [0.25, 0.3) is 16.9 Å². The Hall–Kier alpha value is -3.55. The molecule has 3 aromatic heterocycles. The number of aromatic nitrogens is 5. The van der Waals surface area contributed by atoms with Gasteiger partial charge in [0.1, 0.15) is 5.82 Å². The van der Waals surface area contributed by atoms with Crippen molar-refractivity contribution in [1.82, 2.24) is 24.6 Å². The molecule has 0 amide bonds. The van der Waals surface area contributed by atoms with Crippen molar-refractivity contribution in [1.29, 1.82) is 0 Å². The molecular formula is C20H16FN5O2. The van der Waals surface area contributed by atoms with Gasteiger partial charge in [0.2, 0.25) is 0 Å². The van der Waals surface area contributed by atoms with Gasteiger partial charge in [-0.05, 0) is 48.4 Å². The molecule has 0 aliphatic heterocycles. The largest absolute Gasteiger partial charge is 0.325 e. The van der Waals surface area contributed by atoms with Gasteiger partial charge in [0.25, 0.3) is 5.56 Å². The standard InChI is InChI=1S/C20H16FN5O2/c1-10-6-11(2-3-16(10)21)12-7-13(12)14-8-17(25-26-5-4-22-18(14)26)15-9-23-20(28)24-19(15)27/h2-6,8-9,12-13H,7H2,1H3,(H2,23,24,27,28)/t12-,13+/m1/s1. The lowest BCUT2D eigenvalue weighted by Crippen LogP contribution is -2.23. The van der Waals surface area contributed by atoms with E-state index in [1.54, 1.807) is 23.8 Å². The summed E-state index contributed by atoms with van der Waals surface area (Å²) in [7, 11) is 0. The highest BCUT2D eigenvalue weighted by Gasteiger charge is 2.41. The number of benzene rings is 1. The molecule has 0 bridgehead atoms. The Morgan fingerprint density at radius 1 is 1.21 bits per heavy atom. The van der Waals surface area contributed by atoms with E-state index < -0.39 is 11.2 Å². The third-order valence-electron chi connectivity index (χ3n) is 5.28. The minimum absolute atomic E-state index is 0.207. The van der Waals surface area contributed by atoms with Gasteiger partial charge in [0.05, 0.1) is 11.3 Å². The number of H-pyrrole nitrogens is 2. The van der Waals surface area contributed by atoms with Crippen LogP contribution in [0.15, 0.2) is 52.4 Å². The van der Waals surface area contributed by atoms with E-state index in [4.69, 9.17) is 0 Å². The van der Waals surface area contributed by atoms with Crippen LogP contribution >= 0.6 is 0 Å². The molecule has 1 aromatic carbocycles. The molecule has 140 valence electrons. The molecule has 5 rings (SSSR count). The molecule has 28 heavy (non-hydrogen) atoms. The second-order valence-electron chi connectivity index (χ2n) is 7.12. The molecule has 3 heterocycles. The first-order valence-corrected chi connectivity index (χ1v) is 8.94. The number of aryl methyl sites for hydroxylation is 1. The third kappa shape index (κ3) is 2.65. The first-order valence-electron chi connectivity index (χ1n) is 8.94. The first kappa shape index (κ1) is 16.6. The van der Waals surface area contributed by atoms with Crippen molar-refractivity contribution in [3.8, 4) is 11.3 Å². The van der Waals surface area contributed by atoms with Crippen LogP contribution in [0.4, 0.5) is 4.39 Å². The monoisotopic (exact) mass is 377 g/mol. The minimum atomic E-state index is -0.563. The Morgan fingerprint density at radius 3 is 2.86 bits per heavy atom. The second-order valence-corrected chi connectivity index (χ2v) is 7.12. The van der Waals surface area contributed by atoms with Gasteiger partial charge >= 0.3 is 5.69 Å². The maximum Gasteiger partial charge on any atom is 0.325 e. The van der Waals surface area contributed by atoms with E-state index in [1.165, 1.54) is 12.3 Å². The molecule has 1 saturated carbocycles. The zero-order chi connectivity index (χ0) is 19.4. The third-order valence-corrected chi connectivity index (χ3v) is 5.28. The van der Waals surface area contributed by atoms with Crippen LogP contribution in [-0.2, 0) is 0 Å². The van der Waals surface area contributed by atoms with E-state index >= 15 is 0 Å². The average Bonchev–Trinajstić information content (AvgIpc) is 3.31. The van der Waals surface area contributed by atoms with Gasteiger partial charge in [-0.3, -0.25) is 9.78 Å². The molecule has 4 aromatic rings. The summed E-state index contributed by atoms with van der Waals surface area (Å²) in [6, 6.07) is 7.07. The van der Waals surface area contributed by atoms with Crippen molar-refractivity contribution in [2.24, 2.45) is 0 Å². The number of aromatic amines is 2. The van der Waals surface area contributed by atoms with Crippen molar-refractivity contribution in [2.75, 3.05) is 0 Å². The molecule has 0 saturated heterocycles. The predicted octanol–water partition coefficient (Wildman–Crippen LogP) is 2.49. The van der Waals surface area contributed by atoms with Crippen LogP contribution in [0.5, 0.6) is 0 Å². The van der Waals surface area contributed by atoms with Crippen LogP contribution < -0.4 is 11.2 Å². The topological polar surface area (TPSA) is 95.9 Å². The van der Waals surface area contributed by atoms with Crippen LogP contribution in [0.1, 0.15) is 34.9 Å². The van der Waals surface area contributed by atoms with Gasteiger partial charge in [-0.2, -0.15) is 5.10 Å². The summed E-state index contributed by atoms with van der Waals surface area (Å²) in [5.41, 5.74) is 3.11. The molecular weight excluding hydrogens is 361 g/mol. The zero-order valence-electron chi connectivity index (χ0n) is 14.9. The number of imidazole rings is 1. The molecule has 2 atom stereocenters. The Kier molecular flexibility index (Phi) is 3.55. The van der Waals surface area contributed by atoms with Gasteiger partial charge in [-0.1, -0.05) is 12.1 Å². The van der Waals surface area contributed by atoms with E-state index in [0.29, 0.717) is 11.3 Å². The molecule has 0 radical (unpaired) electrons. The Morgan fingerprint density at radius 2 is 2.07 bits per heavy atom. The first-order chi connectivity index (χ1) is 13.5. The lowest BCUT2D eigenvalue weighted by Gasteiger charge is -2.08. The highest BCUT2D eigenvalue weighted by molar-refractivity contribution is 5.63. The van der Waals surface area contributed by atoms with E-state index in [1.807, 2.05) is 18.2 Å². The Bertz CT molecular complexity index is 1340. The van der Waals surface area contributed by atoms with E-state index in [9.17, 15) is 14.0 Å². The normalized spacial score (nSPS) is 18.5. The second kappa shape index (κ2) is 5.98. The molecule has 7 nitrogen and oxygen atoms in total. The molecule has 0 unspecified atom stereocenters. The van der Waals surface area contributed by atoms with Gasteiger partial charge in [-0.15, -0.1) is 0 Å². The fraction of sp³-hybridized carbons (Fsp3) is 0.200. The summed E-state index contributed by atoms with van der Waals surface area (Å²) in [5.74, 6) is 0.266. The number of hydrogen-bond acceptors (Lipinski definition) is 4. The Labute approximate surface area is 157 Å². The van der Waals surface area contributed by atoms with Gasteiger partial charge in [-0.25, -0.2) is 18.7 Å². The van der Waals surface area contributed by atoms with Crippen LogP contribution in [0.3, 0.4) is 0 Å². The van der Waals surface area contributed by atoms with Gasteiger partial charge in [0, 0.05) is 24.2 Å². The summed E-state index contributed by atoms with van der Waals surface area (Å²) >= 11 is 0. The molecule has 1 aliphatic carbocycles. The fourth-order valence-electron chi connectivity index (χ4n) is 3.75. The van der Waals surface area contributed by atoms with Crippen LogP contribution in [0.2, 0.25) is 0 Å². The summed E-state index contributed by atoms with van der Waals surface area (Å²) in [6.07, 6.45) is 5.66. The molecule has 1 fully saturated rings. The SMILES string of the molecule is Cc1cc([C@H]2C[C@@H]2c2cc(-c3c[nH]c(=O)[nH]c3=O)nn3ccnc23)ccc1F. The van der Waals surface area contributed by atoms with E-state index in [-0.39, 0.29) is 23.2 Å². The number of halogens is 1. The quantitative estimate of drug-likeness (QED) is 0.573. The number of rotatable bonds is 3. The van der Waals surface area contributed by atoms with E-state index in [2.05, 4.69) is 20.1 Å². The average molecular weight is 377 g/mol. The summed E-state index contributed by atoms with van der Waals surface area (Å²) in [6.45, 7) is 1.76. The lowest BCUT2D eigenvalue weighted by atomic mass is 10.0. The summed E-state index contributed by atoms with van der Waals surface area (Å²) in [5, 5.41) is 4.45. The maximum absolute atomic E-state index is 13.6. The zero-order valence-corrected chi connectivity index (χ0v) is 14.9. The van der Waals surface area contributed by atoms with Crippen molar-refractivity contribution < 1.29 is 4.39 Å². The lowest BCUT2D eigenvalue weighted by molar-refractivity contribution is 0.617. The van der Waals surface area contributed by atoms with Crippen LogP contribution in [-0.4, -0.2) is 24.6 Å². The molecule has 0 spiro atoms. The molecule has 8 heteroatoms. The number of nitrogens with one attached hydrogen (secondary N) is 2. The van der Waals surface area contributed by atoms with Crippen molar-refractivity contribution in [3.05, 3.63) is 86.2 Å². The number of fused-ring (bicyclic) bond motifs is 1. The fourth-order valence-corrected chi connectivity index (χ4v) is 3.75. The van der Waals surface area contributed by atoms with Crippen molar-refractivity contribution >= 4 is 5.65 Å². The molecule has 2 N–H and O–H groups in total. The van der Waals surface area contributed by atoms with Crippen molar-refractivity contribution in [3.63, 3.8) is 0 Å². The Balaban J connectivity index is 1.60. The maximum atomic E-state index is 13.6. The molecule has 1 aliphatic rings. The number of nitrogens with zero attached hydrogens (tertiary/aromatic N) is 3. The van der Waals surface area contributed by atoms with Crippen LogP contribution in [0, 0.1) is 12.7 Å². The van der Waals surface area contributed by atoms with Crippen molar-refractivity contribution in [2.45, 2.75) is 25.2 Å². The number of hydrogen-bond donors (Lipinski definition) is 2. The predicted molar refractivity (Wildman–Crippen MR) is 101 cm³/mol.